The van der Waals surface area contributed by atoms with Gasteiger partial charge in [0, 0.05) is 24.2 Å². The highest BCUT2D eigenvalue weighted by Gasteiger charge is 2.20. The predicted octanol–water partition coefficient (Wildman–Crippen LogP) is 3.83. The van der Waals surface area contributed by atoms with Crippen LogP contribution in [0.5, 0.6) is 0 Å². The average Bonchev–Trinajstić information content (AvgIpc) is 2.60. The number of hydrogen-bond acceptors (Lipinski definition) is 2. The summed E-state index contributed by atoms with van der Waals surface area (Å²) in [4.78, 5) is 28.7. The van der Waals surface area contributed by atoms with Crippen molar-refractivity contribution in [1.82, 2.24) is 9.55 Å². The molecule has 1 aliphatic carbocycles. The topological polar surface area (TPSA) is 54.9 Å². The molecule has 0 bridgehead atoms. The molecular weight excluding hydrogens is 312 g/mol. The maximum atomic E-state index is 13.1. The van der Waals surface area contributed by atoms with Crippen LogP contribution >= 0.6 is 0 Å². The molecule has 4 heteroatoms. The molecule has 1 fully saturated rings. The Kier molecular flexibility index (Phi) is 5.57. The van der Waals surface area contributed by atoms with Gasteiger partial charge in [0.15, 0.2) is 0 Å². The first kappa shape index (κ1) is 17.7. The van der Waals surface area contributed by atoms with Gasteiger partial charge in [-0.3, -0.25) is 9.36 Å². The third-order valence-corrected chi connectivity index (χ3v) is 5.27. The molecule has 3 rings (SSSR count). The van der Waals surface area contributed by atoms with E-state index in [9.17, 15) is 9.59 Å². The van der Waals surface area contributed by atoms with Crippen LogP contribution in [0.4, 0.5) is 0 Å². The molecule has 1 heterocycles. The average molecular weight is 340 g/mol. The second-order valence-corrected chi connectivity index (χ2v) is 7.56. The second kappa shape index (κ2) is 7.85. The highest BCUT2D eigenvalue weighted by molar-refractivity contribution is 5.28. The minimum absolute atomic E-state index is 0.0840. The van der Waals surface area contributed by atoms with Crippen LogP contribution in [0.15, 0.2) is 39.9 Å². The lowest BCUT2D eigenvalue weighted by atomic mass is 9.89. The lowest BCUT2D eigenvalue weighted by Crippen LogP contribution is -2.41. The van der Waals surface area contributed by atoms with Crippen molar-refractivity contribution in [2.75, 3.05) is 0 Å². The van der Waals surface area contributed by atoms with Crippen molar-refractivity contribution in [1.29, 1.82) is 0 Å². The molecule has 1 aliphatic rings. The van der Waals surface area contributed by atoms with Crippen molar-refractivity contribution in [2.45, 2.75) is 64.8 Å². The second-order valence-electron chi connectivity index (χ2n) is 7.56. The van der Waals surface area contributed by atoms with Crippen molar-refractivity contribution in [3.8, 4) is 0 Å². The molecule has 0 spiro atoms. The van der Waals surface area contributed by atoms with Crippen LogP contribution in [0.25, 0.3) is 0 Å². The number of rotatable bonds is 5. The minimum Gasteiger partial charge on any atom is -0.310 e. The van der Waals surface area contributed by atoms with Gasteiger partial charge in [-0.25, -0.2) is 4.79 Å². The zero-order valence-corrected chi connectivity index (χ0v) is 15.3. The SMILES string of the molecule is CC(C)c1c(Cc2ccccc2)[nH]c(=O)n(CC2CCCCC2)c1=O. The Morgan fingerprint density at radius 3 is 2.40 bits per heavy atom. The first-order valence-electron chi connectivity index (χ1n) is 9.46. The zero-order chi connectivity index (χ0) is 17.8. The highest BCUT2D eigenvalue weighted by atomic mass is 16.2. The number of aromatic amines is 1. The lowest BCUT2D eigenvalue weighted by Gasteiger charge is -2.23. The van der Waals surface area contributed by atoms with E-state index in [-0.39, 0.29) is 17.2 Å². The summed E-state index contributed by atoms with van der Waals surface area (Å²) in [5.41, 5.74) is 2.25. The van der Waals surface area contributed by atoms with E-state index in [2.05, 4.69) is 4.98 Å². The summed E-state index contributed by atoms with van der Waals surface area (Å²) >= 11 is 0. The summed E-state index contributed by atoms with van der Waals surface area (Å²) in [6.45, 7) is 4.60. The van der Waals surface area contributed by atoms with Gasteiger partial charge < -0.3 is 4.98 Å². The van der Waals surface area contributed by atoms with Crippen molar-refractivity contribution in [2.24, 2.45) is 5.92 Å². The molecule has 0 radical (unpaired) electrons. The Bertz CT molecular complexity index is 812. The number of aromatic nitrogens is 2. The summed E-state index contributed by atoms with van der Waals surface area (Å²) in [7, 11) is 0. The fourth-order valence-electron chi connectivity index (χ4n) is 3.96. The number of nitrogens with zero attached hydrogens (tertiary/aromatic N) is 1. The normalized spacial score (nSPS) is 15.6. The van der Waals surface area contributed by atoms with Crippen LogP contribution < -0.4 is 11.2 Å². The molecule has 2 aromatic rings. The minimum atomic E-state index is -0.258. The van der Waals surface area contributed by atoms with Crippen LogP contribution in [0.2, 0.25) is 0 Å². The Balaban J connectivity index is 1.97. The summed E-state index contributed by atoms with van der Waals surface area (Å²) in [6.07, 6.45) is 6.52. The summed E-state index contributed by atoms with van der Waals surface area (Å²) in [5, 5.41) is 0. The Morgan fingerprint density at radius 2 is 1.76 bits per heavy atom. The van der Waals surface area contributed by atoms with E-state index in [1.807, 2.05) is 44.2 Å². The van der Waals surface area contributed by atoms with Gasteiger partial charge >= 0.3 is 5.69 Å². The highest BCUT2D eigenvalue weighted by Crippen LogP contribution is 2.24. The van der Waals surface area contributed by atoms with Crippen molar-refractivity contribution in [3.63, 3.8) is 0 Å². The Labute approximate surface area is 148 Å². The van der Waals surface area contributed by atoms with Crippen LogP contribution in [0.1, 0.15) is 68.7 Å². The summed E-state index contributed by atoms with van der Waals surface area (Å²) in [6, 6.07) is 9.98. The maximum Gasteiger partial charge on any atom is 0.328 e. The van der Waals surface area contributed by atoms with Crippen LogP contribution in [-0.4, -0.2) is 9.55 Å². The first-order chi connectivity index (χ1) is 12.1. The van der Waals surface area contributed by atoms with Gasteiger partial charge in [0.2, 0.25) is 0 Å². The van der Waals surface area contributed by atoms with Crippen molar-refractivity contribution in [3.05, 3.63) is 68.0 Å². The first-order valence-corrected chi connectivity index (χ1v) is 9.46. The largest absolute Gasteiger partial charge is 0.328 e. The molecule has 25 heavy (non-hydrogen) atoms. The molecule has 1 saturated carbocycles. The predicted molar refractivity (Wildman–Crippen MR) is 101 cm³/mol. The molecular formula is C21H28N2O2. The number of benzene rings is 1. The molecule has 4 nitrogen and oxygen atoms in total. The van der Waals surface area contributed by atoms with Gasteiger partial charge in [-0.1, -0.05) is 63.4 Å². The van der Waals surface area contributed by atoms with E-state index in [1.165, 1.54) is 23.8 Å². The molecule has 134 valence electrons. The van der Waals surface area contributed by atoms with E-state index in [4.69, 9.17) is 0 Å². The molecule has 0 unspecified atom stereocenters. The smallest absolute Gasteiger partial charge is 0.310 e. The van der Waals surface area contributed by atoms with Gasteiger partial charge in [0.05, 0.1) is 0 Å². The fourth-order valence-corrected chi connectivity index (χ4v) is 3.96. The van der Waals surface area contributed by atoms with Gasteiger partial charge in [0.25, 0.3) is 5.56 Å². The van der Waals surface area contributed by atoms with E-state index >= 15 is 0 Å². The molecule has 0 atom stereocenters. The summed E-state index contributed by atoms with van der Waals surface area (Å²) in [5.74, 6) is 0.535. The van der Waals surface area contributed by atoms with E-state index in [0.29, 0.717) is 18.9 Å². The van der Waals surface area contributed by atoms with E-state index in [1.54, 1.807) is 0 Å². The molecule has 1 aromatic heterocycles. The standard InChI is InChI=1S/C21H28N2O2/c1-15(2)19-18(13-16-9-5-3-6-10-16)22-21(25)23(20(19)24)14-17-11-7-4-8-12-17/h3,5-6,9-10,15,17H,4,7-8,11-14H2,1-2H3,(H,22,25). The lowest BCUT2D eigenvalue weighted by molar-refractivity contribution is 0.310. The van der Waals surface area contributed by atoms with Crippen molar-refractivity contribution < 1.29 is 0 Å². The maximum absolute atomic E-state index is 13.1. The fraction of sp³-hybridized carbons (Fsp3) is 0.524. The van der Waals surface area contributed by atoms with Gasteiger partial charge in [-0.15, -0.1) is 0 Å². The van der Waals surface area contributed by atoms with Crippen LogP contribution in [0.3, 0.4) is 0 Å². The Hall–Kier alpha value is -2.10. The van der Waals surface area contributed by atoms with E-state index < -0.39 is 0 Å². The molecule has 1 N–H and O–H groups in total. The van der Waals surface area contributed by atoms with Crippen LogP contribution in [-0.2, 0) is 13.0 Å². The van der Waals surface area contributed by atoms with Gasteiger partial charge in [0.1, 0.15) is 0 Å². The Morgan fingerprint density at radius 1 is 1.08 bits per heavy atom. The van der Waals surface area contributed by atoms with Gasteiger partial charge in [-0.05, 0) is 30.2 Å². The van der Waals surface area contributed by atoms with Gasteiger partial charge in [-0.2, -0.15) is 0 Å². The molecule has 0 aliphatic heterocycles. The van der Waals surface area contributed by atoms with Crippen LogP contribution in [0, 0.1) is 5.92 Å². The summed E-state index contributed by atoms with van der Waals surface area (Å²) < 4.78 is 1.44. The third-order valence-electron chi connectivity index (χ3n) is 5.27. The quantitative estimate of drug-likeness (QED) is 0.899. The van der Waals surface area contributed by atoms with Crippen molar-refractivity contribution >= 4 is 0 Å². The molecule has 1 aromatic carbocycles. The zero-order valence-electron chi connectivity index (χ0n) is 15.3. The monoisotopic (exact) mass is 340 g/mol. The number of nitrogens with one attached hydrogen (secondary N) is 1. The molecule has 0 amide bonds. The number of H-pyrrole nitrogens is 1. The third kappa shape index (κ3) is 4.12. The molecule has 0 saturated heterocycles. The van der Waals surface area contributed by atoms with E-state index in [0.717, 1.165) is 29.7 Å². The number of hydrogen-bond donors (Lipinski definition) is 1.